The van der Waals surface area contributed by atoms with Crippen molar-refractivity contribution in [2.24, 2.45) is 0 Å². The second-order valence-corrected chi connectivity index (χ2v) is 9.08. The number of amides is 1. The molecule has 1 N–H and O–H groups in total. The summed E-state index contributed by atoms with van der Waals surface area (Å²) >= 11 is 2.95. The molecule has 3 heterocycles. The third-order valence-corrected chi connectivity index (χ3v) is 6.86. The van der Waals surface area contributed by atoms with Crippen LogP contribution in [0.3, 0.4) is 0 Å². The number of rotatable bonds is 8. The van der Waals surface area contributed by atoms with Gasteiger partial charge in [0.1, 0.15) is 5.82 Å². The Morgan fingerprint density at radius 1 is 1.03 bits per heavy atom. The summed E-state index contributed by atoms with van der Waals surface area (Å²) in [6.07, 6.45) is 2.74. The Balaban J connectivity index is 1.17. The van der Waals surface area contributed by atoms with E-state index in [-0.39, 0.29) is 5.91 Å². The molecule has 1 fully saturated rings. The van der Waals surface area contributed by atoms with Crippen LogP contribution in [-0.2, 0) is 11.2 Å². The van der Waals surface area contributed by atoms with E-state index in [0.29, 0.717) is 5.75 Å². The molecule has 0 saturated carbocycles. The van der Waals surface area contributed by atoms with Crippen LogP contribution >= 0.6 is 23.1 Å². The molecule has 0 bridgehead atoms. The van der Waals surface area contributed by atoms with Gasteiger partial charge < -0.3 is 15.1 Å². The number of benzene rings is 1. The van der Waals surface area contributed by atoms with E-state index < -0.39 is 0 Å². The molecule has 0 atom stereocenters. The van der Waals surface area contributed by atoms with Gasteiger partial charge in [0.25, 0.3) is 0 Å². The molecule has 0 unspecified atom stereocenters. The van der Waals surface area contributed by atoms with Crippen molar-refractivity contribution in [2.75, 3.05) is 48.7 Å². The minimum absolute atomic E-state index is 0.148. The summed E-state index contributed by atoms with van der Waals surface area (Å²) in [4.78, 5) is 21.1. The van der Waals surface area contributed by atoms with Gasteiger partial charge in [-0.15, -0.1) is 10.2 Å². The number of aromatic nitrogens is 3. The summed E-state index contributed by atoms with van der Waals surface area (Å²) in [5.41, 5.74) is 1.29. The summed E-state index contributed by atoms with van der Waals surface area (Å²) in [5.74, 6) is 1.51. The number of carbonyl (C=O) groups excluding carboxylic acids is 1. The van der Waals surface area contributed by atoms with Crippen molar-refractivity contribution in [1.29, 1.82) is 0 Å². The molecule has 1 aliphatic rings. The van der Waals surface area contributed by atoms with Crippen LogP contribution in [0, 0.1) is 0 Å². The van der Waals surface area contributed by atoms with Crippen LogP contribution < -0.4 is 10.2 Å². The number of pyridine rings is 1. The maximum atomic E-state index is 12.6. The quantitative estimate of drug-likeness (QED) is 0.540. The average Bonchev–Trinajstić information content (AvgIpc) is 3.27. The van der Waals surface area contributed by atoms with Crippen LogP contribution in [0.2, 0.25) is 0 Å². The molecule has 30 heavy (non-hydrogen) atoms. The third-order valence-electron chi connectivity index (χ3n) is 4.86. The number of nitrogens with one attached hydrogen (secondary N) is 1. The molecular formula is C21H24N6OS2. The van der Waals surface area contributed by atoms with Crippen molar-refractivity contribution in [1.82, 2.24) is 20.1 Å². The van der Waals surface area contributed by atoms with Crippen molar-refractivity contribution in [2.45, 2.75) is 10.8 Å². The van der Waals surface area contributed by atoms with E-state index in [2.05, 4.69) is 37.5 Å². The van der Waals surface area contributed by atoms with Gasteiger partial charge in [0.05, 0.1) is 5.75 Å². The summed E-state index contributed by atoms with van der Waals surface area (Å²) in [7, 11) is 0. The molecule has 1 aromatic carbocycles. The highest BCUT2D eigenvalue weighted by Crippen LogP contribution is 2.26. The van der Waals surface area contributed by atoms with E-state index in [9.17, 15) is 4.79 Å². The van der Waals surface area contributed by atoms with E-state index in [1.165, 1.54) is 28.7 Å². The number of nitrogens with zero attached hydrogens (tertiary/aromatic N) is 5. The van der Waals surface area contributed by atoms with Crippen molar-refractivity contribution in [3.05, 3.63) is 60.3 Å². The molecule has 7 nitrogen and oxygen atoms in total. The normalized spacial score (nSPS) is 14.0. The van der Waals surface area contributed by atoms with Gasteiger partial charge in [0.15, 0.2) is 4.34 Å². The zero-order chi connectivity index (χ0) is 20.6. The van der Waals surface area contributed by atoms with E-state index in [0.717, 1.165) is 54.4 Å². The van der Waals surface area contributed by atoms with E-state index in [4.69, 9.17) is 0 Å². The first kappa shape index (κ1) is 20.6. The second-order valence-electron chi connectivity index (χ2n) is 6.88. The fourth-order valence-electron chi connectivity index (χ4n) is 3.24. The van der Waals surface area contributed by atoms with Crippen molar-refractivity contribution in [3.8, 4) is 0 Å². The maximum Gasteiger partial charge on any atom is 0.233 e. The standard InChI is InChI=1S/C21H24N6OS2/c28-19(27-14-12-26(13-15-27)18-8-4-5-10-22-18)16-29-21-25-24-20(30-21)23-11-9-17-6-2-1-3-7-17/h1-8,10H,9,11-16H2,(H,23,24). The minimum atomic E-state index is 0.148. The molecule has 9 heteroatoms. The SMILES string of the molecule is O=C(CSc1nnc(NCCc2ccccc2)s1)N1CCN(c2ccccn2)CC1. The molecule has 1 saturated heterocycles. The number of carbonyl (C=O) groups is 1. The molecular weight excluding hydrogens is 416 g/mol. The van der Waals surface area contributed by atoms with Crippen LogP contribution in [0.15, 0.2) is 59.1 Å². The second kappa shape index (κ2) is 10.4. The first-order valence-electron chi connectivity index (χ1n) is 9.96. The average molecular weight is 441 g/mol. The summed E-state index contributed by atoms with van der Waals surface area (Å²) in [6.45, 7) is 3.86. The zero-order valence-electron chi connectivity index (χ0n) is 16.6. The Labute approximate surface area is 184 Å². The Morgan fingerprint density at radius 3 is 2.60 bits per heavy atom. The lowest BCUT2D eigenvalue weighted by molar-refractivity contribution is -0.128. The first-order chi connectivity index (χ1) is 14.8. The topological polar surface area (TPSA) is 74.2 Å². The number of thioether (sulfide) groups is 1. The fourth-order valence-corrected chi connectivity index (χ4v) is 4.92. The summed E-state index contributed by atoms with van der Waals surface area (Å²) in [5, 5.41) is 12.5. The van der Waals surface area contributed by atoms with E-state index in [1.807, 2.05) is 41.3 Å². The maximum absolute atomic E-state index is 12.6. The number of hydrogen-bond acceptors (Lipinski definition) is 8. The number of hydrogen-bond donors (Lipinski definition) is 1. The van der Waals surface area contributed by atoms with E-state index >= 15 is 0 Å². The van der Waals surface area contributed by atoms with Gasteiger partial charge in [0.2, 0.25) is 11.0 Å². The summed E-state index contributed by atoms with van der Waals surface area (Å²) in [6, 6.07) is 16.3. The molecule has 1 aliphatic heterocycles. The highest BCUT2D eigenvalue weighted by Gasteiger charge is 2.22. The Kier molecular flexibility index (Phi) is 7.15. The van der Waals surface area contributed by atoms with Crippen molar-refractivity contribution < 1.29 is 4.79 Å². The minimum Gasteiger partial charge on any atom is -0.360 e. The smallest absolute Gasteiger partial charge is 0.233 e. The number of piperazine rings is 1. The Bertz CT molecular complexity index is 929. The lowest BCUT2D eigenvalue weighted by Crippen LogP contribution is -2.49. The lowest BCUT2D eigenvalue weighted by Gasteiger charge is -2.35. The van der Waals surface area contributed by atoms with Gasteiger partial charge in [-0.25, -0.2) is 4.98 Å². The zero-order valence-corrected chi connectivity index (χ0v) is 18.2. The van der Waals surface area contributed by atoms with Gasteiger partial charge in [-0.2, -0.15) is 0 Å². The predicted octanol–water partition coefficient (Wildman–Crippen LogP) is 3.03. The van der Waals surface area contributed by atoms with Crippen LogP contribution in [0.25, 0.3) is 0 Å². The molecule has 1 amide bonds. The van der Waals surface area contributed by atoms with Crippen LogP contribution in [0.5, 0.6) is 0 Å². The van der Waals surface area contributed by atoms with Gasteiger partial charge >= 0.3 is 0 Å². The van der Waals surface area contributed by atoms with Crippen LogP contribution in [-0.4, -0.2) is 64.5 Å². The highest BCUT2D eigenvalue weighted by atomic mass is 32.2. The number of anilines is 2. The largest absolute Gasteiger partial charge is 0.360 e. The van der Waals surface area contributed by atoms with Crippen molar-refractivity contribution >= 4 is 40.0 Å². The molecule has 0 spiro atoms. The van der Waals surface area contributed by atoms with Gasteiger partial charge in [-0.1, -0.05) is 59.5 Å². The van der Waals surface area contributed by atoms with E-state index in [1.54, 1.807) is 6.20 Å². The molecule has 0 radical (unpaired) electrons. The lowest BCUT2D eigenvalue weighted by atomic mass is 10.2. The molecule has 3 aromatic rings. The fraction of sp³-hybridized carbons (Fsp3) is 0.333. The molecule has 4 rings (SSSR count). The Morgan fingerprint density at radius 2 is 1.83 bits per heavy atom. The molecule has 2 aromatic heterocycles. The Hall–Kier alpha value is -2.65. The van der Waals surface area contributed by atoms with Gasteiger partial charge in [-0.3, -0.25) is 4.79 Å². The van der Waals surface area contributed by atoms with Crippen LogP contribution in [0.4, 0.5) is 10.9 Å². The van der Waals surface area contributed by atoms with Gasteiger partial charge in [0, 0.05) is 38.9 Å². The highest BCUT2D eigenvalue weighted by molar-refractivity contribution is 8.01. The third kappa shape index (κ3) is 5.70. The first-order valence-corrected chi connectivity index (χ1v) is 11.8. The predicted molar refractivity (Wildman–Crippen MR) is 122 cm³/mol. The van der Waals surface area contributed by atoms with Crippen molar-refractivity contribution in [3.63, 3.8) is 0 Å². The van der Waals surface area contributed by atoms with Gasteiger partial charge in [-0.05, 0) is 24.1 Å². The van der Waals surface area contributed by atoms with Crippen LogP contribution in [0.1, 0.15) is 5.56 Å². The molecule has 156 valence electrons. The summed E-state index contributed by atoms with van der Waals surface area (Å²) < 4.78 is 0.817. The monoisotopic (exact) mass is 440 g/mol. The molecule has 0 aliphatic carbocycles.